The number of urea groups is 1. The second-order valence-corrected chi connectivity index (χ2v) is 19.7. The summed E-state index contributed by atoms with van der Waals surface area (Å²) in [5, 5.41) is 12.7. The molecule has 0 aromatic heterocycles. The average Bonchev–Trinajstić information content (AvgIpc) is 3.69. The monoisotopic (exact) mass is 555 g/mol. The van der Waals surface area contributed by atoms with E-state index in [1.807, 2.05) is 6.07 Å². The first kappa shape index (κ1) is 27.2. The van der Waals surface area contributed by atoms with Gasteiger partial charge in [0.25, 0.3) is 5.91 Å². The molecular formula is C30H45N3O5Si. The fourth-order valence-corrected chi connectivity index (χ4v) is 8.81. The molecule has 2 saturated carbocycles. The Kier molecular flexibility index (Phi) is 6.49. The number of carbonyl (C=O) groups excluding carboxylic acids is 2. The van der Waals surface area contributed by atoms with Crippen LogP contribution in [0.4, 0.5) is 4.79 Å². The molecule has 3 aliphatic carbocycles. The van der Waals surface area contributed by atoms with E-state index in [-0.39, 0.29) is 24.7 Å². The van der Waals surface area contributed by atoms with Gasteiger partial charge >= 0.3 is 6.03 Å². The summed E-state index contributed by atoms with van der Waals surface area (Å²) in [5.74, 6) is 1.33. The van der Waals surface area contributed by atoms with Crippen molar-refractivity contribution in [1.82, 2.24) is 14.7 Å². The van der Waals surface area contributed by atoms with Crippen molar-refractivity contribution >= 4 is 20.0 Å². The Morgan fingerprint density at radius 2 is 1.90 bits per heavy atom. The number of likely N-dealkylation sites (N-methyl/N-ethyl adjacent to an activating group) is 1. The van der Waals surface area contributed by atoms with Crippen molar-refractivity contribution in [2.24, 2.45) is 5.92 Å². The van der Waals surface area contributed by atoms with E-state index >= 15 is 0 Å². The maximum absolute atomic E-state index is 14.2. The smallest absolute Gasteiger partial charge is 0.329 e. The van der Waals surface area contributed by atoms with Crippen LogP contribution < -0.4 is 4.74 Å². The summed E-state index contributed by atoms with van der Waals surface area (Å²) >= 11 is 0. The SMILES string of the molecule is COc1ccc2c(c1)[C@]13CCN(CC4CC4)[C@H](C2)[C@]1(O)CC[C@]1(C3)C(=O)N(COCC[Si](C)(C)C)C(=O)N1C. The number of aliphatic hydroxyl groups is 1. The lowest BCUT2D eigenvalue weighted by atomic mass is 9.46. The quantitative estimate of drug-likeness (QED) is 0.298. The first-order chi connectivity index (χ1) is 18.4. The molecule has 2 aliphatic heterocycles. The minimum Gasteiger partial charge on any atom is -0.497 e. The van der Waals surface area contributed by atoms with Gasteiger partial charge in [0.05, 0.1) is 12.7 Å². The lowest BCUT2D eigenvalue weighted by molar-refractivity contribution is -0.188. The van der Waals surface area contributed by atoms with Gasteiger partial charge in [-0.1, -0.05) is 25.7 Å². The highest BCUT2D eigenvalue weighted by atomic mass is 28.3. The van der Waals surface area contributed by atoms with Crippen LogP contribution in [0.1, 0.15) is 49.7 Å². The van der Waals surface area contributed by atoms with Gasteiger partial charge in [-0.05, 0) is 86.7 Å². The normalized spacial score (nSPS) is 34.5. The molecule has 9 heteroatoms. The van der Waals surface area contributed by atoms with Gasteiger partial charge in [0.2, 0.25) is 0 Å². The van der Waals surface area contributed by atoms with Crippen molar-refractivity contribution in [3.05, 3.63) is 29.3 Å². The molecule has 3 amide bonds. The number of imide groups is 1. The van der Waals surface area contributed by atoms with Crippen molar-refractivity contribution < 1.29 is 24.2 Å². The first-order valence-electron chi connectivity index (χ1n) is 14.8. The summed E-state index contributed by atoms with van der Waals surface area (Å²) in [6.45, 7) is 9.34. The number of benzene rings is 1. The lowest BCUT2D eigenvalue weighted by Gasteiger charge is -2.66. The third-order valence-corrected chi connectivity index (χ3v) is 12.3. The van der Waals surface area contributed by atoms with Gasteiger partial charge in [-0.15, -0.1) is 0 Å². The third-order valence-electron chi connectivity index (χ3n) is 10.6. The zero-order valence-electron chi connectivity index (χ0n) is 24.3. The Bertz CT molecular complexity index is 1170. The van der Waals surface area contributed by atoms with E-state index in [1.54, 1.807) is 19.1 Å². The molecule has 1 aromatic carbocycles. The first-order valence-corrected chi connectivity index (χ1v) is 18.5. The number of ether oxygens (including phenoxy) is 2. The van der Waals surface area contributed by atoms with Gasteiger partial charge in [-0.2, -0.15) is 0 Å². The predicted molar refractivity (Wildman–Crippen MR) is 152 cm³/mol. The Morgan fingerprint density at radius 1 is 1.13 bits per heavy atom. The zero-order valence-corrected chi connectivity index (χ0v) is 25.3. The Hall–Kier alpha value is -1.94. The fourth-order valence-electron chi connectivity index (χ4n) is 8.05. The summed E-state index contributed by atoms with van der Waals surface area (Å²) in [4.78, 5) is 33.1. The molecule has 2 bridgehead atoms. The highest BCUT2D eigenvalue weighted by Gasteiger charge is 2.71. The molecule has 5 aliphatic rings. The van der Waals surface area contributed by atoms with Crippen LogP contribution in [0.2, 0.25) is 25.7 Å². The molecule has 6 rings (SSSR count). The summed E-state index contributed by atoms with van der Waals surface area (Å²) in [7, 11) is 2.15. The lowest BCUT2D eigenvalue weighted by Crippen LogP contribution is -2.76. The van der Waals surface area contributed by atoms with Gasteiger partial charge in [0, 0.05) is 39.7 Å². The van der Waals surface area contributed by atoms with Crippen LogP contribution in [0.15, 0.2) is 18.2 Å². The largest absolute Gasteiger partial charge is 0.497 e. The van der Waals surface area contributed by atoms with Crippen molar-refractivity contribution in [3.63, 3.8) is 0 Å². The number of carbonyl (C=O) groups is 2. The van der Waals surface area contributed by atoms with Crippen molar-refractivity contribution in [1.29, 1.82) is 0 Å². The molecule has 2 heterocycles. The average molecular weight is 556 g/mol. The summed E-state index contributed by atoms with van der Waals surface area (Å²) in [6, 6.07) is 6.95. The molecule has 8 nitrogen and oxygen atoms in total. The Balaban J connectivity index is 1.35. The van der Waals surface area contributed by atoms with Crippen LogP contribution in [-0.4, -0.2) is 97.6 Å². The van der Waals surface area contributed by atoms with Crippen molar-refractivity contribution in [2.75, 3.05) is 40.6 Å². The maximum atomic E-state index is 14.2. The van der Waals surface area contributed by atoms with Crippen LogP contribution in [0.5, 0.6) is 5.75 Å². The van der Waals surface area contributed by atoms with Crippen molar-refractivity contribution in [2.45, 2.75) is 93.2 Å². The number of hydrogen-bond donors (Lipinski definition) is 1. The summed E-state index contributed by atoms with van der Waals surface area (Å²) < 4.78 is 11.5. The standard InChI is InChI=1S/C30H45N3O5Si/c1-31-27(35)33(20-38-14-15-39(3,4)5)26(34)29(31)10-11-30(36)25-16-22-8-9-23(37-2)17-24(22)28(30,19-29)12-13-32(25)18-21-6-7-21/h8-9,17,21,25,36H,6-7,10-16,18-20H2,1-5H3/t25-,28-,29+,30-/m1/s1. The molecule has 4 atom stereocenters. The second kappa shape index (κ2) is 9.29. The zero-order chi connectivity index (χ0) is 27.8. The van der Waals surface area contributed by atoms with Gasteiger partial charge < -0.3 is 19.5 Å². The molecule has 1 aromatic rings. The van der Waals surface area contributed by atoms with Crippen LogP contribution in [0.25, 0.3) is 0 Å². The number of methoxy groups -OCH3 is 1. The molecular weight excluding hydrogens is 510 g/mol. The minimum absolute atomic E-state index is 0.00624. The number of hydrogen-bond acceptors (Lipinski definition) is 6. The van der Waals surface area contributed by atoms with Crippen LogP contribution in [0, 0.1) is 5.92 Å². The van der Waals surface area contributed by atoms with E-state index in [2.05, 4.69) is 36.7 Å². The topological polar surface area (TPSA) is 82.5 Å². The van der Waals surface area contributed by atoms with Gasteiger partial charge in [-0.3, -0.25) is 9.69 Å². The Labute approximate surface area is 233 Å². The molecule has 0 unspecified atom stereocenters. The minimum atomic E-state index is -1.28. The third kappa shape index (κ3) is 4.18. The number of nitrogens with zero attached hydrogens (tertiary/aromatic N) is 3. The van der Waals surface area contributed by atoms with Gasteiger partial charge in [0.1, 0.15) is 18.0 Å². The highest BCUT2D eigenvalue weighted by Crippen LogP contribution is 2.62. The number of piperidine rings is 1. The van der Waals surface area contributed by atoms with Crippen molar-refractivity contribution in [3.8, 4) is 5.75 Å². The number of amides is 3. The molecule has 2 saturated heterocycles. The fraction of sp³-hybridized carbons (Fsp3) is 0.733. The van der Waals surface area contributed by atoms with E-state index in [0.29, 0.717) is 25.9 Å². The van der Waals surface area contributed by atoms with E-state index in [4.69, 9.17) is 9.47 Å². The van der Waals surface area contributed by atoms with Gasteiger partial charge in [-0.25, -0.2) is 9.69 Å². The molecule has 4 fully saturated rings. The highest BCUT2D eigenvalue weighted by molar-refractivity contribution is 6.76. The molecule has 214 valence electrons. The predicted octanol–water partition coefficient (Wildman–Crippen LogP) is 3.83. The van der Waals surface area contributed by atoms with Crippen LogP contribution >= 0.6 is 0 Å². The van der Waals surface area contributed by atoms with E-state index in [0.717, 1.165) is 49.2 Å². The number of rotatable bonds is 8. The molecule has 1 spiro atoms. The van der Waals surface area contributed by atoms with E-state index < -0.39 is 24.6 Å². The summed E-state index contributed by atoms with van der Waals surface area (Å²) in [5.41, 5.74) is -0.238. The van der Waals surface area contributed by atoms with E-state index in [1.165, 1.54) is 23.3 Å². The molecule has 39 heavy (non-hydrogen) atoms. The maximum Gasteiger partial charge on any atom is 0.329 e. The number of likely N-dealkylation sites (tertiary alicyclic amines) is 1. The second-order valence-electron chi connectivity index (χ2n) is 14.1. The molecule has 1 N–H and O–H groups in total. The Morgan fingerprint density at radius 3 is 2.59 bits per heavy atom. The summed E-state index contributed by atoms with van der Waals surface area (Å²) in [6.07, 6.45) is 5.50. The number of fused-ring (bicyclic) bond motifs is 1. The van der Waals surface area contributed by atoms with E-state index in [9.17, 15) is 14.7 Å². The van der Waals surface area contributed by atoms with Crippen LogP contribution in [0.3, 0.4) is 0 Å². The molecule has 0 radical (unpaired) electrons. The van der Waals surface area contributed by atoms with Crippen LogP contribution in [-0.2, 0) is 21.4 Å². The van der Waals surface area contributed by atoms with Gasteiger partial charge in [0.15, 0.2) is 0 Å².